The van der Waals surface area contributed by atoms with E-state index in [-0.39, 0.29) is 0 Å². The maximum Gasteiger partial charge on any atom is 0.138 e. The van der Waals surface area contributed by atoms with Crippen LogP contribution in [0.4, 0.5) is 5.69 Å². The number of aromatic nitrogens is 1. The number of anilines is 1. The van der Waals surface area contributed by atoms with E-state index in [1.807, 2.05) is 56.7 Å². The van der Waals surface area contributed by atoms with Crippen LogP contribution >= 0.6 is 0 Å². The van der Waals surface area contributed by atoms with E-state index in [1.165, 1.54) is 11.3 Å². The Bertz CT molecular complexity index is 1110. The molecule has 30 heavy (non-hydrogen) atoms. The molecule has 4 nitrogen and oxygen atoms in total. The number of pyridine rings is 1. The minimum absolute atomic E-state index is 0.664. The summed E-state index contributed by atoms with van der Waals surface area (Å²) >= 11 is 0. The molecular formula is C26H26N2O2. The zero-order valence-electron chi connectivity index (χ0n) is 17.4. The van der Waals surface area contributed by atoms with Gasteiger partial charge in [0.2, 0.25) is 0 Å². The molecule has 0 unspecified atom stereocenters. The lowest BCUT2D eigenvalue weighted by atomic mass is 10.1. The van der Waals surface area contributed by atoms with Crippen molar-refractivity contribution >= 4 is 28.8 Å². The third-order valence-electron chi connectivity index (χ3n) is 4.96. The summed E-state index contributed by atoms with van der Waals surface area (Å²) in [4.78, 5) is 6.23. The molecule has 2 heterocycles. The van der Waals surface area contributed by atoms with Gasteiger partial charge < -0.3 is 14.1 Å². The van der Waals surface area contributed by atoms with E-state index in [2.05, 4.69) is 46.3 Å². The molecule has 4 rings (SSSR count). The number of ether oxygens (including phenoxy) is 1. The minimum Gasteiger partial charge on any atom is -0.493 e. The number of aryl methyl sites for hydroxylation is 1. The van der Waals surface area contributed by atoms with Crippen LogP contribution in [0.2, 0.25) is 0 Å². The molecule has 4 aromatic rings. The van der Waals surface area contributed by atoms with Crippen molar-refractivity contribution in [2.24, 2.45) is 0 Å². The molecular weight excluding hydrogens is 372 g/mol. The van der Waals surface area contributed by atoms with Crippen LogP contribution in [0.15, 0.2) is 77.5 Å². The average Bonchev–Trinajstić information content (AvgIpc) is 3.18. The van der Waals surface area contributed by atoms with Crippen LogP contribution in [0.25, 0.3) is 23.1 Å². The molecule has 0 saturated carbocycles. The summed E-state index contributed by atoms with van der Waals surface area (Å²) in [6.45, 7) is 0.664. The first-order chi connectivity index (χ1) is 14.7. The van der Waals surface area contributed by atoms with Gasteiger partial charge in [0.05, 0.1) is 6.61 Å². The Hall–Kier alpha value is -3.53. The zero-order chi connectivity index (χ0) is 20.8. The Kier molecular flexibility index (Phi) is 6.14. The summed E-state index contributed by atoms with van der Waals surface area (Å²) < 4.78 is 11.9. The van der Waals surface area contributed by atoms with Gasteiger partial charge in [-0.15, -0.1) is 0 Å². The van der Waals surface area contributed by atoms with Gasteiger partial charge in [0.25, 0.3) is 0 Å². The Morgan fingerprint density at radius 1 is 1.00 bits per heavy atom. The Morgan fingerprint density at radius 3 is 2.63 bits per heavy atom. The molecule has 0 radical (unpaired) electrons. The van der Waals surface area contributed by atoms with Gasteiger partial charge in [-0.3, -0.25) is 4.98 Å². The number of nitrogens with zero attached hydrogens (tertiary/aromatic N) is 2. The van der Waals surface area contributed by atoms with Crippen molar-refractivity contribution < 1.29 is 9.15 Å². The van der Waals surface area contributed by atoms with Crippen molar-refractivity contribution in [1.29, 1.82) is 0 Å². The van der Waals surface area contributed by atoms with E-state index < -0.39 is 0 Å². The number of fused-ring (bicyclic) bond motifs is 1. The molecule has 4 heteroatoms. The molecule has 0 aliphatic carbocycles. The zero-order valence-corrected chi connectivity index (χ0v) is 17.4. The van der Waals surface area contributed by atoms with Crippen LogP contribution in [0, 0.1) is 0 Å². The summed E-state index contributed by atoms with van der Waals surface area (Å²) in [6, 6.07) is 20.5. The normalized spacial score (nSPS) is 11.3. The molecule has 0 aliphatic rings. The third-order valence-corrected chi connectivity index (χ3v) is 4.96. The van der Waals surface area contributed by atoms with E-state index in [9.17, 15) is 0 Å². The fourth-order valence-corrected chi connectivity index (χ4v) is 3.28. The van der Waals surface area contributed by atoms with Crippen molar-refractivity contribution in [1.82, 2.24) is 4.98 Å². The summed E-state index contributed by atoms with van der Waals surface area (Å²) in [5, 5.41) is 1.07. The van der Waals surface area contributed by atoms with Gasteiger partial charge >= 0.3 is 0 Å². The molecule has 0 fully saturated rings. The van der Waals surface area contributed by atoms with Gasteiger partial charge in [-0.2, -0.15) is 0 Å². The number of furan rings is 1. The van der Waals surface area contributed by atoms with Crippen LogP contribution in [-0.4, -0.2) is 25.7 Å². The van der Waals surface area contributed by atoms with Gasteiger partial charge in [0, 0.05) is 43.6 Å². The highest BCUT2D eigenvalue weighted by Gasteiger charge is 2.04. The van der Waals surface area contributed by atoms with E-state index in [1.54, 1.807) is 6.20 Å². The summed E-state index contributed by atoms with van der Waals surface area (Å²) in [6.07, 6.45) is 9.67. The van der Waals surface area contributed by atoms with Gasteiger partial charge in [-0.25, -0.2) is 0 Å². The second kappa shape index (κ2) is 9.31. The van der Waals surface area contributed by atoms with E-state index >= 15 is 0 Å². The fourth-order valence-electron chi connectivity index (χ4n) is 3.28. The number of benzene rings is 2. The van der Waals surface area contributed by atoms with E-state index in [0.717, 1.165) is 40.9 Å². The lowest BCUT2D eigenvalue weighted by Crippen LogP contribution is -2.07. The molecule has 0 amide bonds. The molecule has 0 N–H and O–H groups in total. The van der Waals surface area contributed by atoms with Crippen LogP contribution < -0.4 is 9.64 Å². The van der Waals surface area contributed by atoms with E-state index in [0.29, 0.717) is 6.61 Å². The lowest BCUT2D eigenvalue weighted by molar-refractivity contribution is 0.311. The maximum atomic E-state index is 5.98. The van der Waals surface area contributed by atoms with Crippen LogP contribution in [0.1, 0.15) is 23.3 Å². The molecule has 0 spiro atoms. The molecule has 0 saturated heterocycles. The molecule has 0 bridgehead atoms. The number of hydrogen-bond donors (Lipinski definition) is 0. The fraction of sp³-hybridized carbons (Fsp3) is 0.192. The predicted molar refractivity (Wildman–Crippen MR) is 124 cm³/mol. The molecule has 152 valence electrons. The van der Waals surface area contributed by atoms with Crippen LogP contribution in [-0.2, 0) is 6.42 Å². The van der Waals surface area contributed by atoms with Gasteiger partial charge in [-0.1, -0.05) is 24.3 Å². The maximum absolute atomic E-state index is 5.98. The Balaban J connectivity index is 1.36. The van der Waals surface area contributed by atoms with Crippen molar-refractivity contribution in [2.75, 3.05) is 25.6 Å². The Labute approximate surface area is 177 Å². The van der Waals surface area contributed by atoms with Crippen molar-refractivity contribution in [3.8, 4) is 5.75 Å². The molecule has 2 aromatic heterocycles. The first-order valence-corrected chi connectivity index (χ1v) is 10.2. The standard InChI is InChI=1S/C26H26N2O2/c1-28(2)23-11-7-20(8-12-23)9-13-25-17-22-10-14-24(18-26(22)30-25)29-16-4-6-21-5-3-15-27-19-21/h3,5,7-15,17-19H,4,6,16H2,1-2H3. The monoisotopic (exact) mass is 398 g/mol. The number of hydrogen-bond acceptors (Lipinski definition) is 4. The molecule has 0 aliphatic heterocycles. The lowest BCUT2D eigenvalue weighted by Gasteiger charge is -2.11. The quantitative estimate of drug-likeness (QED) is 0.337. The van der Waals surface area contributed by atoms with Crippen molar-refractivity contribution in [3.05, 3.63) is 89.9 Å². The minimum atomic E-state index is 0.664. The van der Waals surface area contributed by atoms with Gasteiger partial charge in [-0.05, 0) is 66.4 Å². The smallest absolute Gasteiger partial charge is 0.138 e. The highest BCUT2D eigenvalue weighted by atomic mass is 16.5. The van der Waals surface area contributed by atoms with Crippen LogP contribution in [0.3, 0.4) is 0 Å². The third kappa shape index (κ3) is 5.09. The summed E-state index contributed by atoms with van der Waals surface area (Å²) in [7, 11) is 4.08. The second-order valence-corrected chi connectivity index (χ2v) is 7.48. The first-order valence-electron chi connectivity index (χ1n) is 10.2. The van der Waals surface area contributed by atoms with Crippen molar-refractivity contribution in [2.45, 2.75) is 12.8 Å². The summed E-state index contributed by atoms with van der Waals surface area (Å²) in [5.74, 6) is 1.66. The van der Waals surface area contributed by atoms with Crippen molar-refractivity contribution in [3.63, 3.8) is 0 Å². The average molecular weight is 399 g/mol. The second-order valence-electron chi connectivity index (χ2n) is 7.48. The highest BCUT2D eigenvalue weighted by molar-refractivity contribution is 5.83. The Morgan fingerprint density at radius 2 is 1.87 bits per heavy atom. The van der Waals surface area contributed by atoms with E-state index in [4.69, 9.17) is 9.15 Å². The number of rotatable bonds is 8. The SMILES string of the molecule is CN(C)c1ccc(C=Cc2cc3ccc(OCCCc4cccnc4)cc3o2)cc1. The van der Waals surface area contributed by atoms with Crippen LogP contribution in [0.5, 0.6) is 5.75 Å². The predicted octanol–water partition coefficient (Wildman–Crippen LogP) is 6.08. The highest BCUT2D eigenvalue weighted by Crippen LogP contribution is 2.26. The largest absolute Gasteiger partial charge is 0.493 e. The van der Waals surface area contributed by atoms with Gasteiger partial charge in [0.1, 0.15) is 17.1 Å². The summed E-state index contributed by atoms with van der Waals surface area (Å²) in [5.41, 5.74) is 4.39. The topological polar surface area (TPSA) is 38.5 Å². The molecule has 0 atom stereocenters. The van der Waals surface area contributed by atoms with Gasteiger partial charge in [0.15, 0.2) is 0 Å². The first kappa shape index (κ1) is 19.8. The molecule has 2 aromatic carbocycles.